The molecule has 0 bridgehead atoms. The van der Waals surface area contributed by atoms with Crippen molar-refractivity contribution in [2.45, 2.75) is 20.3 Å². The lowest BCUT2D eigenvalue weighted by Crippen LogP contribution is -2.40. The molecule has 0 aromatic heterocycles. The minimum absolute atomic E-state index is 0.0130. The number of hydrogen-bond acceptors (Lipinski definition) is 3. The van der Waals surface area contributed by atoms with Crippen molar-refractivity contribution >= 4 is 16.0 Å². The molecular formula is C8H20N4O2S. The van der Waals surface area contributed by atoms with E-state index in [0.29, 0.717) is 6.54 Å². The molecule has 15 heavy (non-hydrogen) atoms. The highest BCUT2D eigenvalue weighted by Crippen LogP contribution is 1.97. The van der Waals surface area contributed by atoms with Crippen LogP contribution in [0.4, 0.5) is 0 Å². The average molecular weight is 236 g/mol. The first-order chi connectivity index (χ1) is 6.75. The fraction of sp³-hybridized carbons (Fsp3) is 0.875. The summed E-state index contributed by atoms with van der Waals surface area (Å²) in [5, 5.41) is 7.00. The number of nitrogens with one attached hydrogen (secondary N) is 2. The molecule has 0 radical (unpaired) electrons. The van der Waals surface area contributed by atoms with Crippen molar-refractivity contribution in [3.63, 3.8) is 0 Å². The second kappa shape index (κ2) is 6.04. The maximum absolute atomic E-state index is 11.6. The van der Waals surface area contributed by atoms with E-state index in [9.17, 15) is 8.42 Å². The van der Waals surface area contributed by atoms with Gasteiger partial charge in [-0.1, -0.05) is 13.8 Å². The van der Waals surface area contributed by atoms with E-state index in [1.807, 2.05) is 13.8 Å². The van der Waals surface area contributed by atoms with Crippen molar-refractivity contribution in [3.8, 4) is 0 Å². The zero-order valence-corrected chi connectivity index (χ0v) is 10.3. The summed E-state index contributed by atoms with van der Waals surface area (Å²) in [5.74, 6) is 0.252. The van der Waals surface area contributed by atoms with Crippen LogP contribution in [0.5, 0.6) is 0 Å². The van der Waals surface area contributed by atoms with Crippen molar-refractivity contribution in [2.24, 2.45) is 11.7 Å². The van der Waals surface area contributed by atoms with Crippen molar-refractivity contribution in [1.29, 1.82) is 5.41 Å². The molecule has 0 unspecified atom stereocenters. The summed E-state index contributed by atoms with van der Waals surface area (Å²) in [6.07, 6.45) is 0.249. The molecule has 0 aromatic rings. The summed E-state index contributed by atoms with van der Waals surface area (Å²) in [6, 6.07) is 0. The Morgan fingerprint density at radius 1 is 1.53 bits per heavy atom. The summed E-state index contributed by atoms with van der Waals surface area (Å²) in [6.45, 7) is 4.49. The van der Waals surface area contributed by atoms with Gasteiger partial charge in [0.05, 0.1) is 5.84 Å². The van der Waals surface area contributed by atoms with Crippen LogP contribution < -0.4 is 10.5 Å². The quantitative estimate of drug-likeness (QED) is 0.419. The zero-order chi connectivity index (χ0) is 12.1. The molecule has 0 aliphatic rings. The van der Waals surface area contributed by atoms with Gasteiger partial charge in [-0.15, -0.1) is 0 Å². The zero-order valence-electron chi connectivity index (χ0n) is 9.45. The first-order valence-corrected chi connectivity index (χ1v) is 6.23. The van der Waals surface area contributed by atoms with E-state index in [1.54, 1.807) is 0 Å². The van der Waals surface area contributed by atoms with Crippen LogP contribution in [0, 0.1) is 11.3 Å². The van der Waals surface area contributed by atoms with Gasteiger partial charge in [0.1, 0.15) is 0 Å². The van der Waals surface area contributed by atoms with Gasteiger partial charge in [0.25, 0.3) is 10.2 Å². The standard InChI is InChI=1S/C8H20N4O2S/c1-7(2)6-11-15(13,14)12(3)5-4-8(9)10/h7,11H,4-6H2,1-3H3,(H3,9,10). The average Bonchev–Trinajstić information content (AvgIpc) is 2.11. The van der Waals surface area contributed by atoms with Gasteiger partial charge < -0.3 is 5.73 Å². The Hall–Kier alpha value is -0.660. The van der Waals surface area contributed by atoms with Crippen LogP contribution >= 0.6 is 0 Å². The molecule has 0 atom stereocenters. The smallest absolute Gasteiger partial charge is 0.279 e. The summed E-state index contributed by atoms with van der Waals surface area (Å²) >= 11 is 0. The molecule has 0 aliphatic heterocycles. The molecule has 0 aromatic carbocycles. The monoisotopic (exact) mass is 236 g/mol. The largest absolute Gasteiger partial charge is 0.388 e. The normalized spacial score (nSPS) is 12.3. The Kier molecular flexibility index (Phi) is 5.77. The molecule has 4 N–H and O–H groups in total. The van der Waals surface area contributed by atoms with Crippen LogP contribution in [0.1, 0.15) is 20.3 Å². The molecule has 0 saturated carbocycles. The maximum Gasteiger partial charge on any atom is 0.279 e. The van der Waals surface area contributed by atoms with E-state index in [0.717, 1.165) is 4.31 Å². The maximum atomic E-state index is 11.6. The third-order valence-electron chi connectivity index (χ3n) is 1.78. The van der Waals surface area contributed by atoms with Crippen LogP contribution in [0.3, 0.4) is 0 Å². The lowest BCUT2D eigenvalue weighted by molar-refractivity contribution is 0.459. The summed E-state index contributed by atoms with van der Waals surface area (Å²) < 4.78 is 26.7. The Balaban J connectivity index is 4.14. The number of rotatable bonds is 7. The number of hydrogen-bond donors (Lipinski definition) is 3. The molecule has 0 fully saturated rings. The molecule has 7 heteroatoms. The van der Waals surface area contributed by atoms with E-state index in [4.69, 9.17) is 11.1 Å². The molecule has 90 valence electrons. The lowest BCUT2D eigenvalue weighted by atomic mass is 10.2. The minimum Gasteiger partial charge on any atom is -0.388 e. The Morgan fingerprint density at radius 2 is 2.07 bits per heavy atom. The summed E-state index contributed by atoms with van der Waals surface area (Å²) in [5.41, 5.74) is 5.15. The van der Waals surface area contributed by atoms with Gasteiger partial charge >= 0.3 is 0 Å². The van der Waals surface area contributed by atoms with Gasteiger partial charge in [-0.3, -0.25) is 5.41 Å². The van der Waals surface area contributed by atoms with Crippen molar-refractivity contribution in [2.75, 3.05) is 20.1 Å². The predicted octanol–water partition coefficient (Wildman–Crippen LogP) is -0.265. The number of amidine groups is 1. The third-order valence-corrected chi connectivity index (χ3v) is 3.32. The summed E-state index contributed by atoms with van der Waals surface area (Å²) in [4.78, 5) is 0. The van der Waals surface area contributed by atoms with Gasteiger partial charge in [0, 0.05) is 26.6 Å². The van der Waals surface area contributed by atoms with Crippen LogP contribution in [0.2, 0.25) is 0 Å². The Bertz CT molecular complexity index is 300. The van der Waals surface area contributed by atoms with E-state index in [1.165, 1.54) is 7.05 Å². The lowest BCUT2D eigenvalue weighted by Gasteiger charge is -2.18. The summed E-state index contributed by atoms with van der Waals surface area (Å²) in [7, 11) is -1.96. The SMILES string of the molecule is CC(C)CNS(=O)(=O)N(C)CCC(=N)N. The molecular weight excluding hydrogens is 216 g/mol. The van der Waals surface area contributed by atoms with E-state index in [2.05, 4.69) is 4.72 Å². The third kappa shape index (κ3) is 6.43. The van der Waals surface area contributed by atoms with Crippen molar-refractivity contribution < 1.29 is 8.42 Å². The fourth-order valence-corrected chi connectivity index (χ4v) is 1.88. The minimum atomic E-state index is -3.42. The highest BCUT2D eigenvalue weighted by Gasteiger charge is 2.16. The number of nitrogens with two attached hydrogens (primary N) is 1. The van der Waals surface area contributed by atoms with E-state index >= 15 is 0 Å². The Labute approximate surface area is 91.5 Å². The first-order valence-electron chi connectivity index (χ1n) is 4.79. The van der Waals surface area contributed by atoms with Gasteiger partial charge in [0.2, 0.25) is 0 Å². The number of nitrogens with zero attached hydrogens (tertiary/aromatic N) is 1. The van der Waals surface area contributed by atoms with Crippen LogP contribution in [-0.4, -0.2) is 38.7 Å². The van der Waals surface area contributed by atoms with Crippen LogP contribution in [0.25, 0.3) is 0 Å². The molecule has 0 aliphatic carbocycles. The second-order valence-corrected chi connectivity index (χ2v) is 5.71. The molecule has 0 saturated heterocycles. The van der Waals surface area contributed by atoms with Crippen LogP contribution in [-0.2, 0) is 10.2 Å². The van der Waals surface area contributed by atoms with Crippen molar-refractivity contribution in [3.05, 3.63) is 0 Å². The van der Waals surface area contributed by atoms with E-state index in [-0.39, 0.29) is 24.7 Å². The molecule has 0 amide bonds. The molecule has 0 rings (SSSR count). The van der Waals surface area contributed by atoms with Gasteiger partial charge in [-0.05, 0) is 5.92 Å². The first kappa shape index (κ1) is 14.3. The van der Waals surface area contributed by atoms with Gasteiger partial charge in [0.15, 0.2) is 0 Å². The molecule has 6 nitrogen and oxygen atoms in total. The van der Waals surface area contributed by atoms with E-state index < -0.39 is 10.2 Å². The molecule has 0 spiro atoms. The van der Waals surface area contributed by atoms with Crippen molar-refractivity contribution in [1.82, 2.24) is 9.03 Å². The Morgan fingerprint density at radius 3 is 2.47 bits per heavy atom. The predicted molar refractivity (Wildman–Crippen MR) is 60.9 cm³/mol. The highest BCUT2D eigenvalue weighted by atomic mass is 32.2. The highest BCUT2D eigenvalue weighted by molar-refractivity contribution is 7.87. The van der Waals surface area contributed by atoms with Gasteiger partial charge in [-0.2, -0.15) is 12.7 Å². The van der Waals surface area contributed by atoms with Crippen LogP contribution in [0.15, 0.2) is 0 Å². The topological polar surface area (TPSA) is 99.3 Å². The fourth-order valence-electron chi connectivity index (χ4n) is 0.780. The van der Waals surface area contributed by atoms with Gasteiger partial charge in [-0.25, -0.2) is 4.72 Å². The second-order valence-electron chi connectivity index (χ2n) is 3.84. The molecule has 0 heterocycles.